The second kappa shape index (κ2) is 6.31. The molecule has 6 rings (SSSR count). The van der Waals surface area contributed by atoms with Gasteiger partial charge in [-0.2, -0.15) is 10.2 Å². The summed E-state index contributed by atoms with van der Waals surface area (Å²) in [6.45, 7) is 0. The second-order valence-corrected chi connectivity index (χ2v) is 6.83. The van der Waals surface area contributed by atoms with Crippen molar-refractivity contribution in [3.05, 3.63) is 67.0 Å². The van der Waals surface area contributed by atoms with Crippen LogP contribution >= 0.6 is 0 Å². The molecule has 0 aliphatic carbocycles. The lowest BCUT2D eigenvalue weighted by atomic mass is 10.1. The van der Waals surface area contributed by atoms with E-state index in [2.05, 4.69) is 30.4 Å². The number of aromatic amines is 3. The molecule has 0 spiro atoms. The number of nitrogens with zero attached hydrogens (tertiary/aromatic N) is 5. The van der Waals surface area contributed by atoms with Crippen molar-refractivity contribution in [1.29, 1.82) is 0 Å². The largest absolute Gasteiger partial charge is 0.335 e. The Morgan fingerprint density at radius 3 is 2.70 bits per heavy atom. The first-order valence-electron chi connectivity index (χ1n) is 9.20. The van der Waals surface area contributed by atoms with Crippen LogP contribution in [0, 0.1) is 5.82 Å². The number of benzene rings is 1. The van der Waals surface area contributed by atoms with E-state index in [1.165, 1.54) is 12.1 Å². The van der Waals surface area contributed by atoms with Crippen LogP contribution in [0.3, 0.4) is 0 Å². The third-order valence-electron chi connectivity index (χ3n) is 4.96. The van der Waals surface area contributed by atoms with Gasteiger partial charge < -0.3 is 4.98 Å². The highest BCUT2D eigenvalue weighted by molar-refractivity contribution is 5.95. The number of nitrogens with one attached hydrogen (secondary N) is 3. The highest BCUT2D eigenvalue weighted by Gasteiger charge is 2.17. The number of hydrogen-bond acceptors (Lipinski definition) is 5. The minimum Gasteiger partial charge on any atom is -0.335 e. The molecule has 0 saturated carbocycles. The first-order valence-corrected chi connectivity index (χ1v) is 9.20. The summed E-state index contributed by atoms with van der Waals surface area (Å²) >= 11 is 0. The van der Waals surface area contributed by atoms with Crippen LogP contribution in [0.15, 0.2) is 61.2 Å². The summed E-state index contributed by atoms with van der Waals surface area (Å²) in [4.78, 5) is 17.0. The molecule has 0 aliphatic heterocycles. The third kappa shape index (κ3) is 2.56. The number of imidazole rings is 1. The van der Waals surface area contributed by atoms with Crippen LogP contribution in [-0.2, 0) is 0 Å². The Morgan fingerprint density at radius 2 is 1.83 bits per heavy atom. The SMILES string of the molecule is Fc1cccc(-c2cncc3[nH]c(-c4n[nH]c5ccc(-c6cn[nH]c6)nc45)nc23)c1. The van der Waals surface area contributed by atoms with Gasteiger partial charge in [-0.25, -0.2) is 14.4 Å². The molecule has 0 radical (unpaired) electrons. The Kier molecular flexibility index (Phi) is 3.48. The van der Waals surface area contributed by atoms with Crippen molar-refractivity contribution in [2.45, 2.75) is 0 Å². The summed E-state index contributed by atoms with van der Waals surface area (Å²) in [6.07, 6.45) is 6.87. The summed E-state index contributed by atoms with van der Waals surface area (Å²) in [5.74, 6) is 0.244. The lowest BCUT2D eigenvalue weighted by Gasteiger charge is -2.01. The maximum Gasteiger partial charge on any atom is 0.161 e. The Hall–Kier alpha value is -4.40. The molecule has 3 N–H and O–H groups in total. The fourth-order valence-electron chi connectivity index (χ4n) is 3.53. The average molecular weight is 396 g/mol. The predicted molar refractivity (Wildman–Crippen MR) is 110 cm³/mol. The van der Waals surface area contributed by atoms with Gasteiger partial charge in [-0.3, -0.25) is 15.2 Å². The van der Waals surface area contributed by atoms with E-state index in [1.807, 2.05) is 18.2 Å². The van der Waals surface area contributed by atoms with Gasteiger partial charge in [-0.1, -0.05) is 12.1 Å². The molecule has 0 atom stereocenters. The van der Waals surface area contributed by atoms with Gasteiger partial charge in [0.25, 0.3) is 0 Å². The predicted octanol–water partition coefficient (Wildman–Crippen LogP) is 4.09. The van der Waals surface area contributed by atoms with E-state index < -0.39 is 0 Å². The Balaban J connectivity index is 1.53. The van der Waals surface area contributed by atoms with E-state index in [0.717, 1.165) is 27.9 Å². The first-order chi connectivity index (χ1) is 14.8. The van der Waals surface area contributed by atoms with Gasteiger partial charge in [0, 0.05) is 23.5 Å². The van der Waals surface area contributed by atoms with E-state index >= 15 is 0 Å². The van der Waals surface area contributed by atoms with E-state index in [9.17, 15) is 4.39 Å². The summed E-state index contributed by atoms with van der Waals surface area (Å²) in [5.41, 5.74) is 6.59. The number of halogens is 1. The number of hydrogen-bond donors (Lipinski definition) is 3. The standard InChI is InChI=1S/C21H13FN8/c22-13-3-1-2-11(6-13)14-9-23-10-17-18(14)28-21(27-17)20-19-16(29-30-20)5-4-15(26-19)12-7-24-25-8-12/h1-10H,(H,24,25)(H,27,28)(H,29,30). The number of pyridine rings is 2. The number of H-pyrrole nitrogens is 3. The molecule has 0 amide bonds. The maximum absolute atomic E-state index is 13.7. The molecule has 0 fully saturated rings. The van der Waals surface area contributed by atoms with Crippen LogP contribution in [-0.4, -0.2) is 40.3 Å². The fourth-order valence-corrected chi connectivity index (χ4v) is 3.53. The van der Waals surface area contributed by atoms with Gasteiger partial charge >= 0.3 is 0 Å². The molecule has 0 bridgehead atoms. The number of aromatic nitrogens is 8. The summed E-state index contributed by atoms with van der Waals surface area (Å²) in [6, 6.07) is 10.2. The molecule has 0 unspecified atom stereocenters. The van der Waals surface area contributed by atoms with Crippen LogP contribution in [0.4, 0.5) is 4.39 Å². The lowest BCUT2D eigenvalue weighted by Crippen LogP contribution is -1.86. The van der Waals surface area contributed by atoms with Crippen molar-refractivity contribution >= 4 is 22.1 Å². The van der Waals surface area contributed by atoms with Gasteiger partial charge in [-0.15, -0.1) is 0 Å². The third-order valence-corrected chi connectivity index (χ3v) is 4.96. The molecule has 0 aliphatic rings. The molecule has 8 nitrogen and oxygen atoms in total. The highest BCUT2D eigenvalue weighted by Crippen LogP contribution is 2.31. The minimum atomic E-state index is -0.311. The van der Waals surface area contributed by atoms with Crippen molar-refractivity contribution in [2.75, 3.05) is 0 Å². The molecule has 30 heavy (non-hydrogen) atoms. The van der Waals surface area contributed by atoms with Crippen molar-refractivity contribution in [1.82, 2.24) is 40.3 Å². The van der Waals surface area contributed by atoms with Crippen molar-refractivity contribution in [2.24, 2.45) is 0 Å². The molecule has 0 saturated heterocycles. The zero-order chi connectivity index (χ0) is 20.1. The Bertz CT molecular complexity index is 1510. The Labute approximate surface area is 168 Å². The highest BCUT2D eigenvalue weighted by atomic mass is 19.1. The molecule has 5 aromatic heterocycles. The first kappa shape index (κ1) is 16.5. The Morgan fingerprint density at radius 1 is 0.867 bits per heavy atom. The molecule has 6 aromatic rings. The van der Waals surface area contributed by atoms with Crippen molar-refractivity contribution in [3.63, 3.8) is 0 Å². The van der Waals surface area contributed by atoms with Crippen LogP contribution in [0.25, 0.3) is 56.0 Å². The van der Waals surface area contributed by atoms with E-state index in [-0.39, 0.29) is 5.82 Å². The smallest absolute Gasteiger partial charge is 0.161 e. The van der Waals surface area contributed by atoms with Gasteiger partial charge in [-0.05, 0) is 29.8 Å². The van der Waals surface area contributed by atoms with Gasteiger partial charge in [0.1, 0.15) is 11.3 Å². The van der Waals surface area contributed by atoms with Crippen LogP contribution in [0.1, 0.15) is 0 Å². The number of rotatable bonds is 3. The molecular weight excluding hydrogens is 383 g/mol. The lowest BCUT2D eigenvalue weighted by molar-refractivity contribution is 0.628. The summed E-state index contributed by atoms with van der Waals surface area (Å²) < 4.78 is 13.7. The van der Waals surface area contributed by atoms with Crippen LogP contribution < -0.4 is 0 Å². The zero-order valence-corrected chi connectivity index (χ0v) is 15.4. The van der Waals surface area contributed by atoms with E-state index in [4.69, 9.17) is 9.97 Å². The normalized spacial score (nSPS) is 11.5. The second-order valence-electron chi connectivity index (χ2n) is 6.83. The van der Waals surface area contributed by atoms with E-state index in [0.29, 0.717) is 28.1 Å². The molecule has 9 heteroatoms. The van der Waals surface area contributed by atoms with Crippen LogP contribution in [0.5, 0.6) is 0 Å². The maximum atomic E-state index is 13.7. The van der Waals surface area contributed by atoms with Gasteiger partial charge in [0.15, 0.2) is 11.5 Å². The number of fused-ring (bicyclic) bond motifs is 2. The topological polar surface area (TPSA) is 112 Å². The molecular formula is C21H13FN8. The van der Waals surface area contributed by atoms with Crippen molar-refractivity contribution < 1.29 is 4.39 Å². The van der Waals surface area contributed by atoms with Crippen molar-refractivity contribution in [3.8, 4) is 33.9 Å². The van der Waals surface area contributed by atoms with Crippen LogP contribution in [0.2, 0.25) is 0 Å². The average Bonchev–Trinajstić information content (AvgIpc) is 3.51. The molecule has 144 valence electrons. The van der Waals surface area contributed by atoms with Gasteiger partial charge in [0.05, 0.1) is 34.6 Å². The van der Waals surface area contributed by atoms with E-state index in [1.54, 1.807) is 30.9 Å². The molecule has 1 aromatic carbocycles. The zero-order valence-electron chi connectivity index (χ0n) is 15.4. The fraction of sp³-hybridized carbons (Fsp3) is 0. The minimum absolute atomic E-state index is 0.311. The summed E-state index contributed by atoms with van der Waals surface area (Å²) in [5, 5.41) is 14.2. The monoisotopic (exact) mass is 396 g/mol. The van der Waals surface area contributed by atoms with Gasteiger partial charge in [0.2, 0.25) is 0 Å². The molecule has 5 heterocycles. The quantitative estimate of drug-likeness (QED) is 0.417. The summed E-state index contributed by atoms with van der Waals surface area (Å²) in [7, 11) is 0.